The Morgan fingerprint density at radius 1 is 1.25 bits per heavy atom. The van der Waals surface area contributed by atoms with Gasteiger partial charge in [0.2, 0.25) is 0 Å². The maximum Gasteiger partial charge on any atom is 0.269 e. The van der Waals surface area contributed by atoms with Crippen molar-refractivity contribution in [2.24, 2.45) is 4.99 Å². The number of rotatable bonds is 9. The molecule has 0 fully saturated rings. The second-order valence-electron chi connectivity index (χ2n) is 6.25. The molecule has 0 radical (unpaired) electrons. The molecule has 0 aliphatic heterocycles. The fraction of sp³-hybridized carbons (Fsp3) is 0.350. The number of ether oxygens (including phenoxy) is 1. The number of nitro benzene ring substituents is 1. The lowest BCUT2D eigenvalue weighted by Crippen LogP contribution is -2.39. The fourth-order valence-corrected chi connectivity index (χ4v) is 2.50. The summed E-state index contributed by atoms with van der Waals surface area (Å²) >= 11 is 0. The largest absolute Gasteiger partial charge is 0.491 e. The Hall–Kier alpha value is -3.13. The first-order valence-electron chi connectivity index (χ1n) is 9.08. The summed E-state index contributed by atoms with van der Waals surface area (Å²) in [5, 5.41) is 24.0. The van der Waals surface area contributed by atoms with Crippen LogP contribution in [0.5, 0.6) is 5.75 Å². The molecule has 8 heteroatoms. The molecule has 0 aromatic heterocycles. The van der Waals surface area contributed by atoms with Crippen molar-refractivity contribution >= 4 is 11.6 Å². The Kier molecular flexibility index (Phi) is 8.23. The molecule has 0 bridgehead atoms. The van der Waals surface area contributed by atoms with Gasteiger partial charge in [-0.15, -0.1) is 0 Å². The van der Waals surface area contributed by atoms with Crippen LogP contribution in [0.15, 0.2) is 59.6 Å². The average Bonchev–Trinajstić information content (AvgIpc) is 2.70. The summed E-state index contributed by atoms with van der Waals surface area (Å²) in [6, 6.07) is 15.8. The zero-order chi connectivity index (χ0) is 20.4. The predicted octanol–water partition coefficient (Wildman–Crippen LogP) is 2.43. The lowest BCUT2D eigenvalue weighted by Gasteiger charge is -2.22. The van der Waals surface area contributed by atoms with Crippen molar-refractivity contribution in [1.29, 1.82) is 0 Å². The zero-order valence-corrected chi connectivity index (χ0v) is 16.1. The minimum Gasteiger partial charge on any atom is -0.491 e. The molecule has 0 heterocycles. The topological polar surface area (TPSA) is 100 Å². The Morgan fingerprint density at radius 2 is 1.93 bits per heavy atom. The molecule has 2 N–H and O–H groups in total. The van der Waals surface area contributed by atoms with Crippen LogP contribution in [0.2, 0.25) is 0 Å². The monoisotopic (exact) mass is 386 g/mol. The average molecular weight is 386 g/mol. The Labute approximate surface area is 164 Å². The molecule has 8 nitrogen and oxygen atoms in total. The number of hydrogen-bond acceptors (Lipinski definition) is 5. The molecule has 0 aliphatic rings. The standard InChI is InChI=1S/C20H26N4O4/c1-3-21-20(23(2)14-16-7-5-4-6-8-16)22-13-18(25)15-28-19-11-9-17(10-12-19)24(26)27/h4-12,18,25H,3,13-15H2,1-2H3,(H,21,22). The van der Waals surface area contributed by atoms with Crippen LogP contribution in [0.1, 0.15) is 12.5 Å². The molecule has 1 atom stereocenters. The molecule has 0 spiro atoms. The second kappa shape index (κ2) is 10.9. The van der Waals surface area contributed by atoms with Crippen molar-refractivity contribution in [2.75, 3.05) is 26.7 Å². The van der Waals surface area contributed by atoms with Crippen LogP contribution in [-0.2, 0) is 6.54 Å². The summed E-state index contributed by atoms with van der Waals surface area (Å²) in [4.78, 5) is 16.6. The van der Waals surface area contributed by atoms with Crippen LogP contribution in [-0.4, -0.2) is 53.7 Å². The van der Waals surface area contributed by atoms with E-state index >= 15 is 0 Å². The zero-order valence-electron chi connectivity index (χ0n) is 16.1. The molecule has 2 aromatic rings. The van der Waals surface area contributed by atoms with Crippen molar-refractivity contribution in [2.45, 2.75) is 19.6 Å². The number of benzene rings is 2. The fourth-order valence-electron chi connectivity index (χ4n) is 2.50. The number of nitro groups is 1. The van der Waals surface area contributed by atoms with E-state index in [2.05, 4.69) is 10.3 Å². The Morgan fingerprint density at radius 3 is 2.54 bits per heavy atom. The van der Waals surface area contributed by atoms with E-state index in [1.165, 1.54) is 24.3 Å². The van der Waals surface area contributed by atoms with Crippen LogP contribution in [0, 0.1) is 10.1 Å². The van der Waals surface area contributed by atoms with Gasteiger partial charge in [0.15, 0.2) is 5.96 Å². The maximum atomic E-state index is 10.7. The maximum absolute atomic E-state index is 10.7. The van der Waals surface area contributed by atoms with E-state index in [1.807, 2.05) is 49.2 Å². The third-order valence-electron chi connectivity index (χ3n) is 3.90. The molecule has 1 unspecified atom stereocenters. The van der Waals surface area contributed by atoms with Gasteiger partial charge in [-0.1, -0.05) is 30.3 Å². The number of hydrogen-bond donors (Lipinski definition) is 2. The second-order valence-corrected chi connectivity index (χ2v) is 6.25. The molecule has 0 amide bonds. The summed E-state index contributed by atoms with van der Waals surface area (Å²) in [5.41, 5.74) is 1.16. The van der Waals surface area contributed by atoms with Gasteiger partial charge in [0.1, 0.15) is 18.5 Å². The van der Waals surface area contributed by atoms with Gasteiger partial charge in [-0.2, -0.15) is 0 Å². The molecular weight excluding hydrogens is 360 g/mol. The third kappa shape index (κ3) is 6.88. The first kappa shape index (κ1) is 21.2. The van der Waals surface area contributed by atoms with Gasteiger partial charge in [0, 0.05) is 32.3 Å². The van der Waals surface area contributed by atoms with Gasteiger partial charge in [-0.25, -0.2) is 0 Å². The third-order valence-corrected chi connectivity index (χ3v) is 3.90. The minimum atomic E-state index is -0.797. The molecule has 28 heavy (non-hydrogen) atoms. The molecule has 0 saturated heterocycles. The smallest absolute Gasteiger partial charge is 0.269 e. The molecule has 0 aliphatic carbocycles. The molecule has 2 aromatic carbocycles. The highest BCUT2D eigenvalue weighted by molar-refractivity contribution is 5.79. The SMILES string of the molecule is CCNC(=NCC(O)COc1ccc([N+](=O)[O-])cc1)N(C)Cc1ccccc1. The van der Waals surface area contributed by atoms with Crippen LogP contribution in [0.4, 0.5) is 5.69 Å². The van der Waals surface area contributed by atoms with Gasteiger partial charge < -0.3 is 20.1 Å². The highest BCUT2D eigenvalue weighted by atomic mass is 16.6. The predicted molar refractivity (Wildman–Crippen MR) is 108 cm³/mol. The van der Waals surface area contributed by atoms with Gasteiger partial charge in [-0.05, 0) is 24.6 Å². The minimum absolute atomic E-state index is 0.00534. The van der Waals surface area contributed by atoms with Crippen molar-refractivity contribution in [3.8, 4) is 5.75 Å². The molecular formula is C20H26N4O4. The summed E-state index contributed by atoms with van der Waals surface area (Å²) in [7, 11) is 1.94. The number of nitrogens with zero attached hydrogens (tertiary/aromatic N) is 3. The van der Waals surface area contributed by atoms with Gasteiger partial charge >= 0.3 is 0 Å². The van der Waals surface area contributed by atoms with E-state index in [1.54, 1.807) is 0 Å². The number of non-ortho nitro benzene ring substituents is 1. The number of aliphatic hydroxyl groups excluding tert-OH is 1. The van der Waals surface area contributed by atoms with Crippen LogP contribution in [0.25, 0.3) is 0 Å². The van der Waals surface area contributed by atoms with E-state index in [4.69, 9.17) is 4.74 Å². The van der Waals surface area contributed by atoms with E-state index in [9.17, 15) is 15.2 Å². The number of guanidine groups is 1. The van der Waals surface area contributed by atoms with Gasteiger partial charge in [0.05, 0.1) is 11.5 Å². The van der Waals surface area contributed by atoms with E-state index < -0.39 is 11.0 Å². The van der Waals surface area contributed by atoms with Crippen molar-refractivity contribution in [3.05, 3.63) is 70.3 Å². The molecule has 150 valence electrons. The number of nitrogens with one attached hydrogen (secondary N) is 1. The van der Waals surface area contributed by atoms with Crippen molar-refractivity contribution in [3.63, 3.8) is 0 Å². The summed E-state index contributed by atoms with van der Waals surface area (Å²) in [6.45, 7) is 3.62. The first-order valence-corrected chi connectivity index (χ1v) is 9.08. The van der Waals surface area contributed by atoms with Gasteiger partial charge in [-0.3, -0.25) is 15.1 Å². The summed E-state index contributed by atoms with van der Waals surface area (Å²) < 4.78 is 5.48. The lowest BCUT2D eigenvalue weighted by molar-refractivity contribution is -0.384. The van der Waals surface area contributed by atoms with Crippen molar-refractivity contribution < 1.29 is 14.8 Å². The first-order chi connectivity index (χ1) is 13.5. The van der Waals surface area contributed by atoms with Crippen LogP contribution < -0.4 is 10.1 Å². The normalized spacial score (nSPS) is 12.3. The number of aliphatic imine (C=N–C) groups is 1. The van der Waals surface area contributed by atoms with E-state index in [-0.39, 0.29) is 18.8 Å². The molecule has 2 rings (SSSR count). The van der Waals surface area contributed by atoms with Crippen LogP contribution >= 0.6 is 0 Å². The number of aliphatic hydroxyl groups is 1. The van der Waals surface area contributed by atoms with E-state index in [0.29, 0.717) is 24.8 Å². The van der Waals surface area contributed by atoms with Crippen molar-refractivity contribution in [1.82, 2.24) is 10.2 Å². The Bertz CT molecular complexity index is 766. The lowest BCUT2D eigenvalue weighted by atomic mass is 10.2. The summed E-state index contributed by atoms with van der Waals surface area (Å²) in [5.74, 6) is 1.16. The van der Waals surface area contributed by atoms with Gasteiger partial charge in [0.25, 0.3) is 5.69 Å². The highest BCUT2D eigenvalue weighted by Gasteiger charge is 2.10. The quantitative estimate of drug-likeness (QED) is 0.297. The Balaban J connectivity index is 1.87. The summed E-state index contributed by atoms with van der Waals surface area (Å²) in [6.07, 6.45) is -0.797. The highest BCUT2D eigenvalue weighted by Crippen LogP contribution is 2.17. The molecule has 0 saturated carbocycles. The van der Waals surface area contributed by atoms with Crippen LogP contribution in [0.3, 0.4) is 0 Å². The van der Waals surface area contributed by atoms with E-state index in [0.717, 1.165) is 5.56 Å².